The highest BCUT2D eigenvalue weighted by molar-refractivity contribution is 7.89. The molecule has 1 atom stereocenters. The Kier molecular flexibility index (Phi) is 9.21. The van der Waals surface area contributed by atoms with Gasteiger partial charge in [0.05, 0.1) is 4.90 Å². The number of piperidine rings is 1. The number of hydrogen-bond acceptors (Lipinski definition) is 4. The van der Waals surface area contributed by atoms with Gasteiger partial charge in [-0.05, 0) is 49.8 Å². The standard InChI is InChI=1S/C19H31N3O3S.ClH/c1-14(2)11-16(13-20)21-19(23)18-12-17(8-7-15(18)3)26(24,25)22-9-5-4-6-10-22;/h7-8,12,14,16H,4-6,9-11,13,20H2,1-3H3,(H,21,23);1H. The number of nitrogens with zero attached hydrogens (tertiary/aromatic N) is 1. The molecule has 1 aliphatic heterocycles. The maximum absolute atomic E-state index is 12.9. The van der Waals surface area contributed by atoms with Crippen molar-refractivity contribution in [3.63, 3.8) is 0 Å². The van der Waals surface area contributed by atoms with E-state index in [1.165, 1.54) is 10.4 Å². The summed E-state index contributed by atoms with van der Waals surface area (Å²) in [6.45, 7) is 7.40. The molecule has 1 aromatic carbocycles. The fourth-order valence-electron chi connectivity index (χ4n) is 3.31. The van der Waals surface area contributed by atoms with E-state index in [2.05, 4.69) is 19.2 Å². The van der Waals surface area contributed by atoms with Crippen LogP contribution >= 0.6 is 12.4 Å². The van der Waals surface area contributed by atoms with Crippen molar-refractivity contribution in [3.8, 4) is 0 Å². The molecule has 0 spiro atoms. The Hall–Kier alpha value is -1.15. The molecule has 0 aliphatic carbocycles. The molecular formula is C19H32ClN3O3S. The Balaban J connectivity index is 0.00000364. The molecule has 1 saturated heterocycles. The van der Waals surface area contributed by atoms with E-state index in [1.54, 1.807) is 12.1 Å². The number of aryl methyl sites for hydroxylation is 1. The quantitative estimate of drug-likeness (QED) is 0.713. The lowest BCUT2D eigenvalue weighted by Crippen LogP contribution is -2.41. The van der Waals surface area contributed by atoms with Crippen molar-refractivity contribution < 1.29 is 13.2 Å². The molecule has 0 radical (unpaired) electrons. The van der Waals surface area contributed by atoms with Crippen LogP contribution < -0.4 is 11.1 Å². The molecule has 3 N–H and O–H groups in total. The first-order chi connectivity index (χ1) is 12.3. The largest absolute Gasteiger partial charge is 0.348 e. The Morgan fingerprint density at radius 2 is 1.85 bits per heavy atom. The Morgan fingerprint density at radius 3 is 2.41 bits per heavy atom. The van der Waals surface area contributed by atoms with Crippen molar-refractivity contribution in [2.24, 2.45) is 11.7 Å². The van der Waals surface area contributed by atoms with Crippen LogP contribution in [0.25, 0.3) is 0 Å². The lowest BCUT2D eigenvalue weighted by atomic mass is 10.0. The third-order valence-corrected chi connectivity index (χ3v) is 6.68. The molecule has 8 heteroatoms. The monoisotopic (exact) mass is 417 g/mol. The third-order valence-electron chi connectivity index (χ3n) is 4.78. The zero-order valence-corrected chi connectivity index (χ0v) is 18.0. The number of benzene rings is 1. The minimum absolute atomic E-state index is 0. The van der Waals surface area contributed by atoms with Crippen molar-refractivity contribution in [1.82, 2.24) is 9.62 Å². The van der Waals surface area contributed by atoms with E-state index in [1.807, 2.05) is 6.92 Å². The third kappa shape index (κ3) is 6.17. The van der Waals surface area contributed by atoms with Gasteiger partial charge in [0.15, 0.2) is 0 Å². The van der Waals surface area contributed by atoms with E-state index in [-0.39, 0.29) is 29.3 Å². The average Bonchev–Trinajstić information content (AvgIpc) is 2.61. The van der Waals surface area contributed by atoms with E-state index in [0.717, 1.165) is 31.2 Å². The van der Waals surface area contributed by atoms with Gasteiger partial charge in [0.25, 0.3) is 5.91 Å². The number of halogens is 1. The van der Waals surface area contributed by atoms with Crippen LogP contribution in [0.15, 0.2) is 23.1 Å². The van der Waals surface area contributed by atoms with Gasteiger partial charge in [0, 0.05) is 31.2 Å². The van der Waals surface area contributed by atoms with Crippen molar-refractivity contribution in [3.05, 3.63) is 29.3 Å². The van der Waals surface area contributed by atoms with E-state index in [4.69, 9.17) is 5.73 Å². The van der Waals surface area contributed by atoms with Crippen molar-refractivity contribution >= 4 is 28.3 Å². The highest BCUT2D eigenvalue weighted by atomic mass is 35.5. The molecule has 1 aliphatic rings. The molecule has 6 nitrogen and oxygen atoms in total. The fourth-order valence-corrected chi connectivity index (χ4v) is 4.85. The maximum atomic E-state index is 12.9. The van der Waals surface area contributed by atoms with Crippen LogP contribution in [0.4, 0.5) is 0 Å². The van der Waals surface area contributed by atoms with Gasteiger partial charge in [-0.2, -0.15) is 4.31 Å². The summed E-state index contributed by atoms with van der Waals surface area (Å²) in [4.78, 5) is 12.9. The molecule has 1 heterocycles. The molecular weight excluding hydrogens is 386 g/mol. The zero-order chi connectivity index (χ0) is 19.3. The van der Waals surface area contributed by atoms with Crippen LogP contribution in [0, 0.1) is 12.8 Å². The minimum Gasteiger partial charge on any atom is -0.348 e. The van der Waals surface area contributed by atoms with Crippen LogP contribution in [-0.4, -0.2) is 44.3 Å². The second-order valence-corrected chi connectivity index (χ2v) is 9.42. The fraction of sp³-hybridized carbons (Fsp3) is 0.632. The van der Waals surface area contributed by atoms with Crippen LogP contribution in [0.1, 0.15) is 55.5 Å². The first-order valence-electron chi connectivity index (χ1n) is 9.37. The van der Waals surface area contributed by atoms with Crippen molar-refractivity contribution in [2.45, 2.75) is 57.4 Å². The first kappa shape index (κ1) is 23.9. The van der Waals surface area contributed by atoms with Gasteiger partial charge in [-0.1, -0.05) is 26.3 Å². The van der Waals surface area contributed by atoms with Crippen molar-refractivity contribution in [2.75, 3.05) is 19.6 Å². The molecule has 1 fully saturated rings. The van der Waals surface area contributed by atoms with Gasteiger partial charge in [0.1, 0.15) is 0 Å². The molecule has 27 heavy (non-hydrogen) atoms. The number of amides is 1. The smallest absolute Gasteiger partial charge is 0.251 e. The SMILES string of the molecule is Cc1ccc(S(=O)(=O)N2CCCCC2)cc1C(=O)NC(CN)CC(C)C.Cl. The lowest BCUT2D eigenvalue weighted by molar-refractivity contribution is 0.0933. The lowest BCUT2D eigenvalue weighted by Gasteiger charge is -2.26. The highest BCUT2D eigenvalue weighted by Crippen LogP contribution is 2.23. The first-order valence-corrected chi connectivity index (χ1v) is 10.8. The summed E-state index contributed by atoms with van der Waals surface area (Å²) in [5.74, 6) is 0.144. The van der Waals surface area contributed by atoms with Crippen LogP contribution in [0.5, 0.6) is 0 Å². The zero-order valence-electron chi connectivity index (χ0n) is 16.4. The van der Waals surface area contributed by atoms with E-state index >= 15 is 0 Å². The molecule has 1 aromatic rings. The van der Waals surface area contributed by atoms with Gasteiger partial charge >= 0.3 is 0 Å². The molecule has 2 rings (SSSR count). The summed E-state index contributed by atoms with van der Waals surface area (Å²) in [5.41, 5.74) is 6.91. The number of rotatable bonds is 7. The number of nitrogens with two attached hydrogens (primary N) is 1. The van der Waals surface area contributed by atoms with Gasteiger partial charge in [-0.3, -0.25) is 4.79 Å². The van der Waals surface area contributed by atoms with Gasteiger partial charge in [-0.15, -0.1) is 12.4 Å². The number of hydrogen-bond donors (Lipinski definition) is 2. The van der Waals surface area contributed by atoms with Gasteiger partial charge in [-0.25, -0.2) is 8.42 Å². The summed E-state index contributed by atoms with van der Waals surface area (Å²) in [6.07, 6.45) is 3.61. The number of carbonyl (C=O) groups is 1. The Morgan fingerprint density at radius 1 is 1.22 bits per heavy atom. The van der Waals surface area contributed by atoms with E-state index in [0.29, 0.717) is 31.1 Å². The van der Waals surface area contributed by atoms with E-state index in [9.17, 15) is 13.2 Å². The molecule has 0 aromatic heterocycles. The topological polar surface area (TPSA) is 92.5 Å². The van der Waals surface area contributed by atoms with Gasteiger partial charge in [0.2, 0.25) is 10.0 Å². The summed E-state index contributed by atoms with van der Waals surface area (Å²) >= 11 is 0. The average molecular weight is 418 g/mol. The summed E-state index contributed by atoms with van der Waals surface area (Å²) in [6, 6.07) is 4.66. The Bertz CT molecular complexity index is 732. The number of carbonyl (C=O) groups excluding carboxylic acids is 1. The number of nitrogens with one attached hydrogen (secondary N) is 1. The molecule has 0 bridgehead atoms. The number of sulfonamides is 1. The Labute approximate surface area is 169 Å². The van der Waals surface area contributed by atoms with Gasteiger partial charge < -0.3 is 11.1 Å². The highest BCUT2D eigenvalue weighted by Gasteiger charge is 2.27. The normalized spacial score (nSPS) is 16.6. The van der Waals surface area contributed by atoms with Crippen molar-refractivity contribution in [1.29, 1.82) is 0 Å². The minimum atomic E-state index is -3.56. The summed E-state index contributed by atoms with van der Waals surface area (Å²) < 4.78 is 27.3. The second kappa shape index (κ2) is 10.4. The van der Waals surface area contributed by atoms with E-state index < -0.39 is 10.0 Å². The molecule has 154 valence electrons. The van der Waals surface area contributed by atoms with Crippen LogP contribution in [0.2, 0.25) is 0 Å². The maximum Gasteiger partial charge on any atom is 0.251 e. The molecule has 1 amide bonds. The molecule has 0 saturated carbocycles. The molecule has 1 unspecified atom stereocenters. The predicted octanol–water partition coefficient (Wildman–Crippen LogP) is 2.69. The summed E-state index contributed by atoms with van der Waals surface area (Å²) in [7, 11) is -3.56. The summed E-state index contributed by atoms with van der Waals surface area (Å²) in [5, 5.41) is 2.94. The van der Waals surface area contributed by atoms with Crippen LogP contribution in [-0.2, 0) is 10.0 Å². The predicted molar refractivity (Wildman–Crippen MR) is 111 cm³/mol. The second-order valence-electron chi connectivity index (χ2n) is 7.48. The van der Waals surface area contributed by atoms with Crippen LogP contribution in [0.3, 0.4) is 0 Å².